The maximum Gasteiger partial charge on any atom is 0.250 e. The molecule has 1 aliphatic rings. The lowest BCUT2D eigenvalue weighted by Gasteiger charge is -2.18. The molecule has 19 heavy (non-hydrogen) atoms. The zero-order chi connectivity index (χ0) is 13.8. The summed E-state index contributed by atoms with van der Waals surface area (Å²) in [5.41, 5.74) is 6.62. The van der Waals surface area contributed by atoms with E-state index in [0.29, 0.717) is 16.6 Å². The molecule has 0 saturated heterocycles. The van der Waals surface area contributed by atoms with Crippen LogP contribution in [0.2, 0.25) is 5.02 Å². The number of primary amides is 1. The Bertz CT molecular complexity index is 461. The third-order valence-electron chi connectivity index (χ3n) is 3.86. The van der Waals surface area contributed by atoms with E-state index in [9.17, 15) is 4.79 Å². The maximum atomic E-state index is 11.3. The Hall–Kier alpha value is -1.22. The van der Waals surface area contributed by atoms with E-state index in [-0.39, 0.29) is 0 Å². The van der Waals surface area contributed by atoms with Crippen LogP contribution >= 0.6 is 11.6 Å². The normalized spacial score (nSPS) is 23.7. The number of nitrogens with one attached hydrogen (secondary N) is 1. The van der Waals surface area contributed by atoms with Gasteiger partial charge in [-0.25, -0.2) is 0 Å². The SMILES string of the molecule is CC1CCCC(Nc2ccc(Cl)c(C(N)=O)c2)CC1. The summed E-state index contributed by atoms with van der Waals surface area (Å²) in [5, 5.41) is 3.91. The first kappa shape index (κ1) is 14.2. The van der Waals surface area contributed by atoms with Crippen molar-refractivity contribution in [3.8, 4) is 0 Å². The molecule has 1 aromatic rings. The van der Waals surface area contributed by atoms with E-state index in [4.69, 9.17) is 17.3 Å². The Kier molecular flexibility index (Phi) is 4.70. The molecule has 2 unspecified atom stereocenters. The molecule has 0 aliphatic heterocycles. The molecule has 2 rings (SSSR count). The average Bonchev–Trinajstić information content (AvgIpc) is 2.56. The van der Waals surface area contributed by atoms with Gasteiger partial charge in [-0.1, -0.05) is 31.4 Å². The molecule has 104 valence electrons. The van der Waals surface area contributed by atoms with Crippen LogP contribution in [-0.2, 0) is 0 Å². The number of rotatable bonds is 3. The van der Waals surface area contributed by atoms with Crippen molar-refractivity contribution in [3.63, 3.8) is 0 Å². The Labute approximate surface area is 119 Å². The van der Waals surface area contributed by atoms with E-state index in [1.165, 1.54) is 32.1 Å². The zero-order valence-corrected chi connectivity index (χ0v) is 12.0. The summed E-state index contributed by atoms with van der Waals surface area (Å²) in [7, 11) is 0. The van der Waals surface area contributed by atoms with Crippen LogP contribution in [0.25, 0.3) is 0 Å². The average molecular weight is 281 g/mol. The van der Waals surface area contributed by atoms with E-state index in [1.54, 1.807) is 12.1 Å². The van der Waals surface area contributed by atoms with Crippen LogP contribution in [0.5, 0.6) is 0 Å². The van der Waals surface area contributed by atoms with Gasteiger partial charge in [-0.3, -0.25) is 4.79 Å². The van der Waals surface area contributed by atoms with Gasteiger partial charge in [-0.2, -0.15) is 0 Å². The largest absolute Gasteiger partial charge is 0.382 e. The van der Waals surface area contributed by atoms with Gasteiger partial charge in [0.2, 0.25) is 5.91 Å². The number of hydrogen-bond acceptors (Lipinski definition) is 2. The van der Waals surface area contributed by atoms with Crippen LogP contribution in [0.3, 0.4) is 0 Å². The number of hydrogen-bond donors (Lipinski definition) is 2. The molecule has 1 aliphatic carbocycles. The van der Waals surface area contributed by atoms with Crippen LogP contribution in [0.15, 0.2) is 18.2 Å². The van der Waals surface area contributed by atoms with Crippen LogP contribution in [0.1, 0.15) is 49.4 Å². The van der Waals surface area contributed by atoms with Gasteiger partial charge in [0.05, 0.1) is 10.6 Å². The molecule has 1 saturated carbocycles. The molecule has 0 radical (unpaired) electrons. The Morgan fingerprint density at radius 1 is 1.32 bits per heavy atom. The van der Waals surface area contributed by atoms with Crippen LogP contribution in [0.4, 0.5) is 5.69 Å². The van der Waals surface area contributed by atoms with Gasteiger partial charge in [-0.05, 0) is 43.4 Å². The summed E-state index contributed by atoms with van der Waals surface area (Å²) in [4.78, 5) is 11.3. The second-order valence-electron chi connectivity index (χ2n) is 5.51. The summed E-state index contributed by atoms with van der Waals surface area (Å²) in [5.74, 6) is 0.335. The van der Waals surface area contributed by atoms with Crippen molar-refractivity contribution in [2.24, 2.45) is 11.7 Å². The summed E-state index contributed by atoms with van der Waals surface area (Å²) >= 11 is 5.95. The van der Waals surface area contributed by atoms with Crippen molar-refractivity contribution in [1.29, 1.82) is 0 Å². The Morgan fingerprint density at radius 2 is 2.11 bits per heavy atom. The van der Waals surface area contributed by atoms with Crippen LogP contribution < -0.4 is 11.1 Å². The quantitative estimate of drug-likeness (QED) is 0.827. The molecule has 0 heterocycles. The highest BCUT2D eigenvalue weighted by atomic mass is 35.5. The molecule has 1 aromatic carbocycles. The highest BCUT2D eigenvalue weighted by Crippen LogP contribution is 2.26. The fourth-order valence-electron chi connectivity index (χ4n) is 2.67. The van der Waals surface area contributed by atoms with Gasteiger partial charge in [0.1, 0.15) is 0 Å². The van der Waals surface area contributed by atoms with Gasteiger partial charge in [0, 0.05) is 11.7 Å². The third kappa shape index (κ3) is 3.87. The van der Waals surface area contributed by atoms with Gasteiger partial charge in [-0.15, -0.1) is 0 Å². The van der Waals surface area contributed by atoms with Gasteiger partial charge >= 0.3 is 0 Å². The van der Waals surface area contributed by atoms with Gasteiger partial charge in [0.25, 0.3) is 0 Å². The highest BCUT2D eigenvalue weighted by Gasteiger charge is 2.16. The predicted octanol–water partition coefficient (Wildman–Crippen LogP) is 3.82. The minimum Gasteiger partial charge on any atom is -0.382 e. The molecule has 0 aromatic heterocycles. The lowest BCUT2D eigenvalue weighted by molar-refractivity contribution is 0.100. The van der Waals surface area contributed by atoms with Gasteiger partial charge in [0.15, 0.2) is 0 Å². The van der Waals surface area contributed by atoms with Crippen molar-refractivity contribution in [2.75, 3.05) is 5.32 Å². The first-order valence-corrected chi connectivity index (χ1v) is 7.30. The van der Waals surface area contributed by atoms with Crippen molar-refractivity contribution in [2.45, 2.75) is 45.1 Å². The molecular weight excluding hydrogens is 260 g/mol. The summed E-state index contributed by atoms with van der Waals surface area (Å²) in [6, 6.07) is 5.86. The van der Waals surface area contributed by atoms with Gasteiger partial charge < -0.3 is 11.1 Å². The number of amides is 1. The molecule has 1 amide bonds. The van der Waals surface area contributed by atoms with E-state index >= 15 is 0 Å². The number of carbonyl (C=O) groups excluding carboxylic acids is 1. The number of nitrogens with two attached hydrogens (primary N) is 1. The van der Waals surface area contributed by atoms with Crippen LogP contribution in [0, 0.1) is 5.92 Å². The highest BCUT2D eigenvalue weighted by molar-refractivity contribution is 6.33. The minimum absolute atomic E-state index is 0.383. The molecule has 1 fully saturated rings. The monoisotopic (exact) mass is 280 g/mol. The smallest absolute Gasteiger partial charge is 0.250 e. The maximum absolute atomic E-state index is 11.3. The molecular formula is C15H21ClN2O. The Balaban J connectivity index is 2.06. The van der Waals surface area contributed by atoms with E-state index in [1.807, 2.05) is 6.07 Å². The second-order valence-corrected chi connectivity index (χ2v) is 5.92. The number of benzene rings is 1. The number of carbonyl (C=O) groups is 1. The fraction of sp³-hybridized carbons (Fsp3) is 0.533. The fourth-order valence-corrected chi connectivity index (χ4v) is 2.88. The molecule has 3 N–H and O–H groups in total. The van der Waals surface area contributed by atoms with E-state index in [0.717, 1.165) is 11.6 Å². The van der Waals surface area contributed by atoms with E-state index in [2.05, 4.69) is 12.2 Å². The van der Waals surface area contributed by atoms with Crippen LogP contribution in [-0.4, -0.2) is 11.9 Å². The lowest BCUT2D eigenvalue weighted by Crippen LogP contribution is -2.19. The second kappa shape index (κ2) is 6.29. The minimum atomic E-state index is -0.483. The zero-order valence-electron chi connectivity index (χ0n) is 11.3. The van der Waals surface area contributed by atoms with Crippen molar-refractivity contribution in [3.05, 3.63) is 28.8 Å². The van der Waals surface area contributed by atoms with Crippen molar-refractivity contribution in [1.82, 2.24) is 0 Å². The third-order valence-corrected chi connectivity index (χ3v) is 4.19. The first-order valence-electron chi connectivity index (χ1n) is 6.92. The topological polar surface area (TPSA) is 55.1 Å². The van der Waals surface area contributed by atoms with E-state index < -0.39 is 5.91 Å². The standard InChI is InChI=1S/C15H21ClN2O/c1-10-3-2-4-11(6-5-10)18-12-7-8-14(16)13(9-12)15(17)19/h7-11,18H,2-6H2,1H3,(H2,17,19). The summed E-state index contributed by atoms with van der Waals surface area (Å²) < 4.78 is 0. The summed E-state index contributed by atoms with van der Waals surface area (Å²) in [6.07, 6.45) is 6.18. The molecule has 0 spiro atoms. The molecule has 0 bridgehead atoms. The lowest BCUT2D eigenvalue weighted by atomic mass is 10.0. The van der Waals surface area contributed by atoms with Crippen molar-refractivity contribution < 1.29 is 4.79 Å². The van der Waals surface area contributed by atoms with Crippen molar-refractivity contribution >= 4 is 23.2 Å². The number of halogens is 1. The molecule has 3 nitrogen and oxygen atoms in total. The first-order chi connectivity index (χ1) is 9.06. The number of anilines is 1. The Morgan fingerprint density at radius 3 is 2.84 bits per heavy atom. The molecule has 4 heteroatoms. The molecule has 2 atom stereocenters. The predicted molar refractivity (Wildman–Crippen MR) is 79.6 cm³/mol. The summed E-state index contributed by atoms with van der Waals surface area (Å²) in [6.45, 7) is 2.32.